The van der Waals surface area contributed by atoms with Gasteiger partial charge in [-0.15, -0.1) is 0 Å². The Bertz CT molecular complexity index is 511. The lowest BCUT2D eigenvalue weighted by atomic mass is 9.96. The van der Waals surface area contributed by atoms with Crippen molar-refractivity contribution >= 4 is 5.97 Å². The fourth-order valence-corrected chi connectivity index (χ4v) is 2.91. The summed E-state index contributed by atoms with van der Waals surface area (Å²) in [5, 5.41) is 9.07. The van der Waals surface area contributed by atoms with E-state index in [0.717, 1.165) is 18.5 Å². The van der Waals surface area contributed by atoms with Crippen LogP contribution < -0.4 is 5.43 Å². The Kier molecular flexibility index (Phi) is 4.40. The lowest BCUT2D eigenvalue weighted by Gasteiger charge is -2.25. The van der Waals surface area contributed by atoms with Gasteiger partial charge < -0.3 is 9.67 Å². The van der Waals surface area contributed by atoms with Crippen LogP contribution in [0.15, 0.2) is 17.1 Å². The predicted octanol–water partition coefficient (Wildman–Crippen LogP) is 3.14. The zero-order chi connectivity index (χ0) is 13.8. The fourth-order valence-electron chi connectivity index (χ4n) is 2.91. The van der Waals surface area contributed by atoms with Crippen molar-refractivity contribution in [2.45, 2.75) is 57.9 Å². The van der Waals surface area contributed by atoms with Gasteiger partial charge in [0.15, 0.2) is 5.43 Å². The van der Waals surface area contributed by atoms with Crippen LogP contribution in [-0.4, -0.2) is 15.6 Å². The topological polar surface area (TPSA) is 59.3 Å². The SMILES string of the molecule is Cc1cc(=O)c(C(=O)O)cn1C1CCCCCCC1. The minimum Gasteiger partial charge on any atom is -0.477 e. The molecule has 1 N–H and O–H groups in total. The van der Waals surface area contributed by atoms with Crippen LogP contribution in [0.5, 0.6) is 0 Å². The van der Waals surface area contributed by atoms with E-state index >= 15 is 0 Å². The molecule has 4 nitrogen and oxygen atoms in total. The number of rotatable bonds is 2. The standard InChI is InChI=1S/C15H21NO3/c1-11-9-14(17)13(15(18)19)10-16(11)12-7-5-3-2-4-6-8-12/h9-10,12H,2-8H2,1H3,(H,18,19). The van der Waals surface area contributed by atoms with Crippen molar-refractivity contribution in [1.29, 1.82) is 0 Å². The molecule has 1 aliphatic rings. The first-order valence-electron chi connectivity index (χ1n) is 7.05. The zero-order valence-electron chi connectivity index (χ0n) is 11.4. The van der Waals surface area contributed by atoms with Gasteiger partial charge in [0, 0.05) is 24.0 Å². The van der Waals surface area contributed by atoms with E-state index in [0.29, 0.717) is 6.04 Å². The summed E-state index contributed by atoms with van der Waals surface area (Å²) in [6.07, 6.45) is 9.84. The number of hydrogen-bond donors (Lipinski definition) is 1. The van der Waals surface area contributed by atoms with Crippen molar-refractivity contribution in [1.82, 2.24) is 4.57 Å². The predicted molar refractivity (Wildman–Crippen MR) is 73.8 cm³/mol. The molecule has 1 fully saturated rings. The largest absolute Gasteiger partial charge is 0.477 e. The second kappa shape index (κ2) is 6.04. The van der Waals surface area contributed by atoms with Crippen LogP contribution in [0.25, 0.3) is 0 Å². The summed E-state index contributed by atoms with van der Waals surface area (Å²) in [5.74, 6) is -1.13. The van der Waals surface area contributed by atoms with E-state index in [1.165, 1.54) is 44.4 Å². The third-order valence-corrected chi connectivity index (χ3v) is 3.98. The van der Waals surface area contributed by atoms with E-state index in [4.69, 9.17) is 5.11 Å². The van der Waals surface area contributed by atoms with Crippen LogP contribution in [0.2, 0.25) is 0 Å². The van der Waals surface area contributed by atoms with Crippen molar-refractivity contribution in [3.63, 3.8) is 0 Å². The number of carbonyl (C=O) groups is 1. The molecule has 0 aliphatic heterocycles. The van der Waals surface area contributed by atoms with Crippen LogP contribution >= 0.6 is 0 Å². The number of carboxylic acids is 1. The van der Waals surface area contributed by atoms with Gasteiger partial charge in [-0.05, 0) is 19.8 Å². The Morgan fingerprint density at radius 2 is 1.79 bits per heavy atom. The Morgan fingerprint density at radius 3 is 2.37 bits per heavy atom. The number of pyridine rings is 1. The Balaban J connectivity index is 2.34. The number of nitrogens with zero attached hydrogens (tertiary/aromatic N) is 1. The Hall–Kier alpha value is -1.58. The average Bonchev–Trinajstić information content (AvgIpc) is 2.29. The molecule has 1 aromatic rings. The molecule has 1 aromatic heterocycles. The van der Waals surface area contributed by atoms with Gasteiger partial charge in [-0.2, -0.15) is 0 Å². The van der Waals surface area contributed by atoms with E-state index in [1.54, 1.807) is 0 Å². The van der Waals surface area contributed by atoms with Gasteiger partial charge in [0.05, 0.1) is 0 Å². The van der Waals surface area contributed by atoms with E-state index in [2.05, 4.69) is 0 Å². The first-order valence-corrected chi connectivity index (χ1v) is 7.05. The van der Waals surface area contributed by atoms with Crippen molar-refractivity contribution in [3.8, 4) is 0 Å². The molecule has 0 saturated heterocycles. The normalized spacial score (nSPS) is 17.7. The van der Waals surface area contributed by atoms with E-state index in [-0.39, 0.29) is 5.56 Å². The molecule has 2 rings (SSSR count). The number of aryl methyl sites for hydroxylation is 1. The highest BCUT2D eigenvalue weighted by Gasteiger charge is 2.17. The highest BCUT2D eigenvalue weighted by molar-refractivity contribution is 5.87. The molecule has 0 atom stereocenters. The monoisotopic (exact) mass is 263 g/mol. The molecule has 0 spiro atoms. The van der Waals surface area contributed by atoms with Gasteiger partial charge in [-0.3, -0.25) is 4.79 Å². The van der Waals surface area contributed by atoms with E-state index < -0.39 is 11.4 Å². The van der Waals surface area contributed by atoms with Gasteiger partial charge >= 0.3 is 5.97 Å². The maximum atomic E-state index is 11.6. The zero-order valence-corrected chi connectivity index (χ0v) is 11.4. The van der Waals surface area contributed by atoms with Crippen LogP contribution in [0.4, 0.5) is 0 Å². The third-order valence-electron chi connectivity index (χ3n) is 3.98. The molecule has 104 valence electrons. The van der Waals surface area contributed by atoms with Gasteiger partial charge in [-0.25, -0.2) is 4.79 Å². The lowest BCUT2D eigenvalue weighted by molar-refractivity contribution is 0.0694. The highest BCUT2D eigenvalue weighted by atomic mass is 16.4. The summed E-state index contributed by atoms with van der Waals surface area (Å²) in [7, 11) is 0. The summed E-state index contributed by atoms with van der Waals surface area (Å²) >= 11 is 0. The minimum atomic E-state index is -1.13. The van der Waals surface area contributed by atoms with Crippen molar-refractivity contribution in [2.75, 3.05) is 0 Å². The van der Waals surface area contributed by atoms with E-state index in [9.17, 15) is 9.59 Å². The maximum Gasteiger partial charge on any atom is 0.341 e. The molecule has 0 aromatic carbocycles. The number of aromatic carboxylic acids is 1. The lowest BCUT2D eigenvalue weighted by Crippen LogP contribution is -2.22. The highest BCUT2D eigenvalue weighted by Crippen LogP contribution is 2.27. The summed E-state index contributed by atoms with van der Waals surface area (Å²) in [5.41, 5.74) is 0.348. The second-order valence-electron chi connectivity index (χ2n) is 5.40. The van der Waals surface area contributed by atoms with Crippen LogP contribution in [0, 0.1) is 6.92 Å². The molecule has 1 aliphatic carbocycles. The quantitative estimate of drug-likeness (QED) is 0.891. The molecule has 0 amide bonds. The Labute approximate surface area is 113 Å². The van der Waals surface area contributed by atoms with Crippen molar-refractivity contribution in [2.24, 2.45) is 0 Å². The van der Waals surface area contributed by atoms with Crippen molar-refractivity contribution in [3.05, 3.63) is 33.7 Å². The third kappa shape index (κ3) is 3.25. The minimum absolute atomic E-state index is 0.118. The first-order chi connectivity index (χ1) is 9.09. The maximum absolute atomic E-state index is 11.6. The smallest absolute Gasteiger partial charge is 0.341 e. The molecular formula is C15H21NO3. The van der Waals surface area contributed by atoms with Crippen LogP contribution in [0.3, 0.4) is 0 Å². The van der Waals surface area contributed by atoms with Crippen LogP contribution in [0.1, 0.15) is 67.0 Å². The second-order valence-corrected chi connectivity index (χ2v) is 5.40. The number of hydrogen-bond acceptors (Lipinski definition) is 2. The summed E-state index contributed by atoms with van der Waals surface area (Å²) < 4.78 is 2.00. The summed E-state index contributed by atoms with van der Waals surface area (Å²) in [6.45, 7) is 1.88. The fraction of sp³-hybridized carbons (Fsp3) is 0.600. The summed E-state index contributed by atoms with van der Waals surface area (Å²) in [4.78, 5) is 22.7. The van der Waals surface area contributed by atoms with Crippen LogP contribution in [-0.2, 0) is 0 Å². The first kappa shape index (κ1) is 13.8. The molecule has 1 saturated carbocycles. The molecule has 0 radical (unpaired) electrons. The Morgan fingerprint density at radius 1 is 1.21 bits per heavy atom. The molecular weight excluding hydrogens is 242 g/mol. The number of aromatic nitrogens is 1. The molecule has 4 heteroatoms. The molecule has 0 unspecified atom stereocenters. The molecule has 1 heterocycles. The molecule has 19 heavy (non-hydrogen) atoms. The van der Waals surface area contributed by atoms with Gasteiger partial charge in [-0.1, -0.05) is 32.1 Å². The molecule has 0 bridgehead atoms. The number of carboxylic acid groups (broad SMARTS) is 1. The van der Waals surface area contributed by atoms with Gasteiger partial charge in [0.2, 0.25) is 0 Å². The van der Waals surface area contributed by atoms with E-state index in [1.807, 2.05) is 11.5 Å². The average molecular weight is 263 g/mol. The van der Waals surface area contributed by atoms with Gasteiger partial charge in [0.1, 0.15) is 5.56 Å². The summed E-state index contributed by atoms with van der Waals surface area (Å²) in [6, 6.07) is 1.78. The van der Waals surface area contributed by atoms with Crippen molar-refractivity contribution < 1.29 is 9.90 Å². The van der Waals surface area contributed by atoms with Gasteiger partial charge in [0.25, 0.3) is 0 Å².